The van der Waals surface area contributed by atoms with Crippen LogP contribution in [0.1, 0.15) is 35.9 Å². The molecule has 1 amide bonds. The van der Waals surface area contributed by atoms with Crippen LogP contribution in [-0.2, 0) is 23.8 Å². The zero-order valence-corrected chi connectivity index (χ0v) is 22.0. The molecular weight excluding hydrogens is 495 g/mol. The Bertz CT molecular complexity index is 1660. The molecule has 10 heteroatoms. The smallest absolute Gasteiger partial charge is 0.248 e. The van der Waals surface area contributed by atoms with Crippen LogP contribution < -0.4 is 10.6 Å². The minimum Gasteiger partial charge on any atom is -0.364 e. The lowest BCUT2D eigenvalue weighted by atomic mass is 9.75. The quantitative estimate of drug-likeness (QED) is 0.358. The van der Waals surface area contributed by atoms with Crippen LogP contribution in [0.25, 0.3) is 16.5 Å². The minimum absolute atomic E-state index is 0.0721. The molecule has 39 heavy (non-hydrogen) atoms. The number of para-hydroxylation sites is 1. The standard InChI is InChI=1S/C29H29FN8O/c1-17(23-10-9-20(30)15-32-23)13-31-18(2)25-11-22-21-7-5-6-8-24(21)34-28(22)29(35-25,19-14-33-37(3)16-19)26-12-27(39)38(4)36-26/h5-10,13-16,25,31,34-35H,2,11-12H2,1,3-4H3/b17-13+/t25-,29?/m1/s1. The number of carbonyl (C=O) groups excluding carboxylic acids is 1. The average molecular weight is 525 g/mol. The Morgan fingerprint density at radius 2 is 2.05 bits per heavy atom. The third-order valence-corrected chi connectivity index (χ3v) is 7.53. The van der Waals surface area contributed by atoms with E-state index < -0.39 is 5.54 Å². The third-order valence-electron chi connectivity index (χ3n) is 7.53. The summed E-state index contributed by atoms with van der Waals surface area (Å²) in [5, 5.41) is 18.9. The van der Waals surface area contributed by atoms with Crippen molar-refractivity contribution in [3.63, 3.8) is 0 Å². The van der Waals surface area contributed by atoms with Crippen molar-refractivity contribution in [2.75, 3.05) is 7.05 Å². The van der Waals surface area contributed by atoms with Gasteiger partial charge in [0, 0.05) is 48.7 Å². The van der Waals surface area contributed by atoms with Crippen LogP contribution in [0.4, 0.5) is 4.39 Å². The summed E-state index contributed by atoms with van der Waals surface area (Å²) in [6.45, 7) is 6.27. The highest BCUT2D eigenvalue weighted by Gasteiger charge is 2.51. The van der Waals surface area contributed by atoms with Gasteiger partial charge in [0.2, 0.25) is 5.91 Å². The van der Waals surface area contributed by atoms with Crippen molar-refractivity contribution in [1.29, 1.82) is 0 Å². The fourth-order valence-corrected chi connectivity index (χ4v) is 5.49. The molecule has 1 aromatic carbocycles. The number of hydrazone groups is 1. The Hall–Kier alpha value is -4.57. The zero-order chi connectivity index (χ0) is 27.3. The van der Waals surface area contributed by atoms with Gasteiger partial charge in [-0.3, -0.25) is 19.8 Å². The van der Waals surface area contributed by atoms with Gasteiger partial charge in [0.15, 0.2) is 0 Å². The molecule has 0 spiro atoms. The number of aromatic nitrogens is 4. The Labute approximate surface area is 225 Å². The van der Waals surface area contributed by atoms with Crippen LogP contribution in [0.15, 0.2) is 78.6 Å². The van der Waals surface area contributed by atoms with Crippen LogP contribution in [0, 0.1) is 5.82 Å². The summed E-state index contributed by atoms with van der Waals surface area (Å²) in [6.07, 6.45) is 7.63. The molecule has 3 N–H and O–H groups in total. The highest BCUT2D eigenvalue weighted by Crippen LogP contribution is 2.43. The van der Waals surface area contributed by atoms with E-state index in [2.05, 4.69) is 44.4 Å². The molecule has 0 saturated heterocycles. The number of nitrogens with zero attached hydrogens (tertiary/aromatic N) is 5. The number of hydrogen-bond acceptors (Lipinski definition) is 6. The fraction of sp³-hybridized carbons (Fsp3) is 0.241. The number of allylic oxidation sites excluding steroid dienone is 1. The molecule has 4 aromatic rings. The predicted molar refractivity (Wildman–Crippen MR) is 148 cm³/mol. The highest BCUT2D eigenvalue weighted by atomic mass is 19.1. The molecule has 198 valence electrons. The van der Waals surface area contributed by atoms with Gasteiger partial charge in [0.05, 0.1) is 42.0 Å². The van der Waals surface area contributed by atoms with E-state index in [1.54, 1.807) is 17.8 Å². The lowest BCUT2D eigenvalue weighted by Gasteiger charge is -2.42. The molecule has 2 aliphatic heterocycles. The second-order valence-corrected chi connectivity index (χ2v) is 10.1. The molecule has 1 unspecified atom stereocenters. The molecule has 0 radical (unpaired) electrons. The number of carbonyl (C=O) groups is 1. The molecule has 2 aliphatic rings. The number of benzene rings is 1. The second-order valence-electron chi connectivity index (χ2n) is 10.1. The van der Waals surface area contributed by atoms with Crippen molar-refractivity contribution < 1.29 is 9.18 Å². The molecule has 2 atom stereocenters. The van der Waals surface area contributed by atoms with Gasteiger partial charge in [-0.1, -0.05) is 24.8 Å². The van der Waals surface area contributed by atoms with E-state index in [0.29, 0.717) is 17.8 Å². The van der Waals surface area contributed by atoms with Gasteiger partial charge >= 0.3 is 0 Å². The number of halogens is 1. The first-order chi connectivity index (χ1) is 18.8. The minimum atomic E-state index is -0.937. The number of aromatic amines is 1. The van der Waals surface area contributed by atoms with Crippen LogP contribution in [0.3, 0.4) is 0 Å². The first-order valence-corrected chi connectivity index (χ1v) is 12.7. The molecule has 0 aliphatic carbocycles. The van der Waals surface area contributed by atoms with E-state index in [9.17, 15) is 9.18 Å². The van der Waals surface area contributed by atoms with Gasteiger partial charge in [0.1, 0.15) is 11.4 Å². The lowest BCUT2D eigenvalue weighted by molar-refractivity contribution is -0.127. The molecule has 3 aromatic heterocycles. The molecule has 0 saturated carbocycles. The van der Waals surface area contributed by atoms with Crippen molar-refractivity contribution in [3.8, 4) is 0 Å². The number of hydrogen-bond donors (Lipinski definition) is 3. The van der Waals surface area contributed by atoms with Crippen LogP contribution in [-0.4, -0.2) is 49.5 Å². The maximum Gasteiger partial charge on any atom is 0.248 e. The lowest BCUT2D eigenvalue weighted by Crippen LogP contribution is -2.59. The van der Waals surface area contributed by atoms with Gasteiger partial charge in [-0.25, -0.2) is 9.40 Å². The Balaban J connectivity index is 1.46. The summed E-state index contributed by atoms with van der Waals surface area (Å²) >= 11 is 0. The van der Waals surface area contributed by atoms with Gasteiger partial charge in [-0.05, 0) is 42.7 Å². The number of amides is 1. The van der Waals surface area contributed by atoms with Crippen molar-refractivity contribution in [1.82, 2.24) is 35.4 Å². The van der Waals surface area contributed by atoms with Gasteiger partial charge in [-0.2, -0.15) is 10.2 Å². The first-order valence-electron chi connectivity index (χ1n) is 12.7. The normalized spacial score (nSPS) is 21.3. The van der Waals surface area contributed by atoms with Crippen LogP contribution in [0.5, 0.6) is 0 Å². The number of H-pyrrole nitrogens is 1. The maximum atomic E-state index is 13.3. The summed E-state index contributed by atoms with van der Waals surface area (Å²) in [7, 11) is 3.55. The maximum absolute atomic E-state index is 13.3. The van der Waals surface area contributed by atoms with Gasteiger partial charge < -0.3 is 10.3 Å². The molecular formula is C29H29FN8O. The molecule has 0 bridgehead atoms. The van der Waals surface area contributed by atoms with Crippen LogP contribution in [0.2, 0.25) is 0 Å². The first kappa shape index (κ1) is 24.7. The monoisotopic (exact) mass is 524 g/mol. The zero-order valence-electron chi connectivity index (χ0n) is 22.0. The number of nitrogens with one attached hydrogen (secondary N) is 3. The predicted octanol–water partition coefficient (Wildman–Crippen LogP) is 3.58. The summed E-state index contributed by atoms with van der Waals surface area (Å²) in [5.41, 5.74) is 5.96. The van der Waals surface area contributed by atoms with Gasteiger partial charge in [-0.15, -0.1) is 0 Å². The molecule has 5 heterocycles. The number of rotatable bonds is 6. The van der Waals surface area contributed by atoms with E-state index in [1.807, 2.05) is 44.7 Å². The number of fused-ring (bicyclic) bond motifs is 3. The van der Waals surface area contributed by atoms with Crippen molar-refractivity contribution in [3.05, 3.63) is 102 Å². The van der Waals surface area contributed by atoms with Crippen LogP contribution >= 0.6 is 0 Å². The van der Waals surface area contributed by atoms with E-state index in [0.717, 1.165) is 39.0 Å². The Morgan fingerprint density at radius 3 is 2.74 bits per heavy atom. The summed E-state index contributed by atoms with van der Waals surface area (Å²) in [5.74, 6) is -0.451. The SMILES string of the molecule is C=C(N/C=C(\C)c1ccc(F)cn1)[C@H]1Cc2c([nH]c3ccccc23)C(C2=NN(C)C(=O)C2)(c2cnn(C)c2)N1. The number of pyridine rings is 1. The second kappa shape index (κ2) is 9.32. The van der Waals surface area contributed by atoms with E-state index in [-0.39, 0.29) is 24.2 Å². The van der Waals surface area contributed by atoms with Crippen molar-refractivity contribution in [2.45, 2.75) is 31.3 Å². The average Bonchev–Trinajstić information content (AvgIpc) is 3.64. The summed E-state index contributed by atoms with van der Waals surface area (Å²) in [4.78, 5) is 20.5. The van der Waals surface area contributed by atoms with E-state index in [4.69, 9.17) is 5.10 Å². The number of aryl methyl sites for hydroxylation is 1. The molecule has 6 rings (SSSR count). The topological polar surface area (TPSA) is 103 Å². The Morgan fingerprint density at radius 1 is 1.23 bits per heavy atom. The summed E-state index contributed by atoms with van der Waals surface area (Å²) < 4.78 is 15.1. The van der Waals surface area contributed by atoms with E-state index in [1.165, 1.54) is 17.3 Å². The Kier molecular flexibility index (Phi) is 5.91. The highest BCUT2D eigenvalue weighted by molar-refractivity contribution is 6.12. The third kappa shape index (κ3) is 4.13. The largest absolute Gasteiger partial charge is 0.364 e. The fourth-order valence-electron chi connectivity index (χ4n) is 5.49. The van der Waals surface area contributed by atoms with Crippen molar-refractivity contribution in [2.24, 2.45) is 12.1 Å². The van der Waals surface area contributed by atoms with Crippen molar-refractivity contribution >= 4 is 28.1 Å². The molecule has 0 fully saturated rings. The summed E-state index contributed by atoms with van der Waals surface area (Å²) in [6, 6.07) is 11.0. The van der Waals surface area contributed by atoms with E-state index >= 15 is 0 Å². The van der Waals surface area contributed by atoms with Gasteiger partial charge in [0.25, 0.3) is 0 Å². The molecule has 9 nitrogen and oxygen atoms in total.